The van der Waals surface area contributed by atoms with Crippen molar-refractivity contribution in [3.8, 4) is 0 Å². The van der Waals surface area contributed by atoms with Gasteiger partial charge in [-0.3, -0.25) is 14.6 Å². The molecule has 1 N–H and O–H groups in total. The molecule has 7 nitrogen and oxygen atoms in total. The molecule has 1 atom stereocenters. The molecule has 0 spiro atoms. The van der Waals surface area contributed by atoms with Crippen LogP contribution in [0.3, 0.4) is 0 Å². The number of aliphatic hydroxyl groups is 1. The fourth-order valence-electron chi connectivity index (χ4n) is 3.80. The average molecular weight is 442 g/mol. The Kier molecular flexibility index (Phi) is 6.31. The summed E-state index contributed by atoms with van der Waals surface area (Å²) < 4.78 is 5.00. The molecule has 2 heterocycles. The number of pyridine rings is 1. The average Bonchev–Trinajstić information content (AvgIpc) is 3.10. The number of Topliss-reactive ketones (excluding diaryl/α,β-unsaturated/α-hetero) is 1. The lowest BCUT2D eigenvalue weighted by atomic mass is 9.98. The first kappa shape index (κ1) is 22.0. The normalized spacial score (nSPS) is 17.2. The molecule has 1 aliphatic rings. The van der Waals surface area contributed by atoms with Crippen molar-refractivity contribution in [1.29, 1.82) is 0 Å². The van der Waals surface area contributed by atoms with Gasteiger partial charge < -0.3 is 14.7 Å². The zero-order chi connectivity index (χ0) is 23.4. The summed E-state index contributed by atoms with van der Waals surface area (Å²) in [5, 5.41) is 11.0. The summed E-state index contributed by atoms with van der Waals surface area (Å²) in [5.41, 5.74) is 2.01. The summed E-state index contributed by atoms with van der Waals surface area (Å²) in [6.45, 7) is 2.10. The molecule has 2 aromatic carbocycles. The molecular weight excluding hydrogens is 420 g/mol. The van der Waals surface area contributed by atoms with Gasteiger partial charge in [-0.2, -0.15) is 0 Å². The van der Waals surface area contributed by atoms with Crippen molar-refractivity contribution < 1.29 is 24.2 Å². The number of carbonyl (C=O) groups excluding carboxylic acids is 3. The third-order valence-electron chi connectivity index (χ3n) is 5.37. The van der Waals surface area contributed by atoms with Crippen LogP contribution >= 0.6 is 0 Å². The van der Waals surface area contributed by atoms with Gasteiger partial charge in [0.1, 0.15) is 11.8 Å². The second kappa shape index (κ2) is 9.48. The van der Waals surface area contributed by atoms with E-state index in [1.54, 1.807) is 85.9 Å². The molecule has 166 valence electrons. The van der Waals surface area contributed by atoms with Gasteiger partial charge in [0.25, 0.3) is 11.7 Å². The number of carbonyl (C=O) groups is 3. The van der Waals surface area contributed by atoms with Crippen LogP contribution in [0.15, 0.2) is 84.6 Å². The van der Waals surface area contributed by atoms with Crippen molar-refractivity contribution in [1.82, 2.24) is 9.88 Å². The lowest BCUT2D eigenvalue weighted by Crippen LogP contribution is -2.29. The largest absolute Gasteiger partial charge is 0.507 e. The Morgan fingerprint density at radius 2 is 1.67 bits per heavy atom. The van der Waals surface area contributed by atoms with Crippen molar-refractivity contribution in [3.05, 3.63) is 107 Å². The first-order valence-corrected chi connectivity index (χ1v) is 10.5. The van der Waals surface area contributed by atoms with E-state index in [4.69, 9.17) is 4.74 Å². The van der Waals surface area contributed by atoms with Gasteiger partial charge >= 0.3 is 5.97 Å². The third-order valence-corrected chi connectivity index (χ3v) is 5.37. The Balaban J connectivity index is 1.73. The molecule has 0 bridgehead atoms. The van der Waals surface area contributed by atoms with Gasteiger partial charge in [0.05, 0.1) is 23.4 Å². The number of nitrogens with zero attached hydrogens (tertiary/aromatic N) is 2. The Labute approximate surface area is 191 Å². The number of ether oxygens (including phenoxy) is 1. The summed E-state index contributed by atoms with van der Waals surface area (Å²) in [7, 11) is 0. The Morgan fingerprint density at radius 3 is 2.30 bits per heavy atom. The van der Waals surface area contributed by atoms with Gasteiger partial charge in [0, 0.05) is 18.3 Å². The van der Waals surface area contributed by atoms with Crippen LogP contribution in [0.25, 0.3) is 5.76 Å². The first-order valence-electron chi connectivity index (χ1n) is 10.5. The molecular formula is C26H22N2O5. The van der Waals surface area contributed by atoms with Gasteiger partial charge in [-0.05, 0) is 36.8 Å². The fraction of sp³-hybridized carbons (Fsp3) is 0.154. The van der Waals surface area contributed by atoms with Crippen LogP contribution in [0.4, 0.5) is 0 Å². The number of benzene rings is 2. The van der Waals surface area contributed by atoms with E-state index < -0.39 is 23.7 Å². The lowest BCUT2D eigenvalue weighted by molar-refractivity contribution is -0.140. The second-order valence-electron chi connectivity index (χ2n) is 7.47. The Hall–Kier alpha value is -4.26. The Morgan fingerprint density at radius 1 is 0.970 bits per heavy atom. The van der Waals surface area contributed by atoms with E-state index in [0.29, 0.717) is 22.4 Å². The summed E-state index contributed by atoms with van der Waals surface area (Å²) in [5.74, 6) is -2.17. The standard InChI is InChI=1S/C26H22N2O5/c1-2-33-26(32)19-13-11-17(12-14-19)16-28-22(20-10-6-7-15-27-20)21(24(30)25(28)31)23(29)18-8-4-3-5-9-18/h3-15,22,29H,2,16H2,1H3/b23-21+. The molecule has 1 amide bonds. The molecule has 0 saturated carbocycles. The van der Waals surface area contributed by atoms with Crippen LogP contribution in [-0.2, 0) is 20.9 Å². The van der Waals surface area contributed by atoms with Crippen molar-refractivity contribution >= 4 is 23.4 Å². The highest BCUT2D eigenvalue weighted by Gasteiger charge is 2.46. The molecule has 0 aliphatic carbocycles. The minimum absolute atomic E-state index is 0.00644. The minimum atomic E-state index is -0.851. The smallest absolute Gasteiger partial charge is 0.338 e. The SMILES string of the molecule is CCOC(=O)c1ccc(CN2C(=O)C(=O)/C(=C(/O)c3ccccc3)C2c2ccccn2)cc1. The van der Waals surface area contributed by atoms with E-state index in [-0.39, 0.29) is 24.5 Å². The minimum Gasteiger partial charge on any atom is -0.507 e. The summed E-state index contributed by atoms with van der Waals surface area (Å²) >= 11 is 0. The zero-order valence-electron chi connectivity index (χ0n) is 18.0. The fourth-order valence-corrected chi connectivity index (χ4v) is 3.80. The second-order valence-corrected chi connectivity index (χ2v) is 7.47. The van der Waals surface area contributed by atoms with Crippen LogP contribution < -0.4 is 0 Å². The van der Waals surface area contributed by atoms with Crippen LogP contribution in [-0.4, -0.2) is 39.3 Å². The molecule has 0 radical (unpaired) electrons. The zero-order valence-corrected chi connectivity index (χ0v) is 18.0. The number of amides is 1. The van der Waals surface area contributed by atoms with E-state index >= 15 is 0 Å². The molecule has 3 aromatic rings. The highest BCUT2D eigenvalue weighted by Crippen LogP contribution is 2.39. The summed E-state index contributed by atoms with van der Waals surface area (Å²) in [6, 6.07) is 19.6. The van der Waals surface area contributed by atoms with E-state index in [9.17, 15) is 19.5 Å². The number of ketones is 1. The predicted octanol–water partition coefficient (Wildman–Crippen LogP) is 3.88. The van der Waals surface area contributed by atoms with Crippen molar-refractivity contribution in [2.24, 2.45) is 0 Å². The maximum Gasteiger partial charge on any atom is 0.338 e. The molecule has 4 rings (SSSR count). The molecule has 1 fully saturated rings. The van der Waals surface area contributed by atoms with E-state index in [0.717, 1.165) is 0 Å². The van der Waals surface area contributed by atoms with E-state index in [1.807, 2.05) is 0 Å². The quantitative estimate of drug-likeness (QED) is 0.269. The molecule has 1 aromatic heterocycles. The van der Waals surface area contributed by atoms with E-state index in [2.05, 4.69) is 4.98 Å². The summed E-state index contributed by atoms with van der Waals surface area (Å²) in [6.07, 6.45) is 1.58. The number of aliphatic hydroxyl groups excluding tert-OH is 1. The number of aromatic nitrogens is 1. The topological polar surface area (TPSA) is 96.8 Å². The van der Waals surface area contributed by atoms with Gasteiger partial charge in [-0.15, -0.1) is 0 Å². The van der Waals surface area contributed by atoms with Gasteiger partial charge in [0.15, 0.2) is 0 Å². The van der Waals surface area contributed by atoms with Crippen molar-refractivity contribution in [3.63, 3.8) is 0 Å². The van der Waals surface area contributed by atoms with Crippen LogP contribution in [0.5, 0.6) is 0 Å². The monoisotopic (exact) mass is 442 g/mol. The van der Waals surface area contributed by atoms with Crippen molar-refractivity contribution in [2.75, 3.05) is 6.61 Å². The molecule has 1 unspecified atom stereocenters. The number of rotatable bonds is 6. The maximum absolute atomic E-state index is 13.0. The third kappa shape index (κ3) is 4.39. The van der Waals surface area contributed by atoms with Gasteiger partial charge in [-0.1, -0.05) is 48.5 Å². The highest BCUT2D eigenvalue weighted by molar-refractivity contribution is 6.46. The molecule has 33 heavy (non-hydrogen) atoms. The number of likely N-dealkylation sites (tertiary alicyclic amines) is 1. The van der Waals surface area contributed by atoms with E-state index in [1.165, 1.54) is 4.90 Å². The Bertz CT molecular complexity index is 1200. The molecule has 1 aliphatic heterocycles. The van der Waals surface area contributed by atoms with Crippen LogP contribution in [0.2, 0.25) is 0 Å². The van der Waals surface area contributed by atoms with Crippen LogP contribution in [0, 0.1) is 0 Å². The maximum atomic E-state index is 13.0. The number of hydrogen-bond acceptors (Lipinski definition) is 6. The molecule has 7 heteroatoms. The first-order chi connectivity index (χ1) is 16.0. The lowest BCUT2D eigenvalue weighted by Gasteiger charge is -2.24. The predicted molar refractivity (Wildman–Crippen MR) is 121 cm³/mol. The van der Waals surface area contributed by atoms with Gasteiger partial charge in [0.2, 0.25) is 0 Å². The molecule has 1 saturated heterocycles. The number of hydrogen-bond donors (Lipinski definition) is 1. The van der Waals surface area contributed by atoms with Crippen molar-refractivity contribution in [2.45, 2.75) is 19.5 Å². The van der Waals surface area contributed by atoms with Gasteiger partial charge in [-0.25, -0.2) is 4.79 Å². The highest BCUT2D eigenvalue weighted by atomic mass is 16.5. The summed E-state index contributed by atoms with van der Waals surface area (Å²) in [4.78, 5) is 43.7. The van der Waals surface area contributed by atoms with Crippen LogP contribution in [0.1, 0.15) is 40.1 Å². The number of esters is 1.